The Morgan fingerprint density at radius 2 is 2.38 bits per heavy atom. The quantitative estimate of drug-likeness (QED) is 0.749. The van der Waals surface area contributed by atoms with Crippen molar-refractivity contribution in [2.24, 2.45) is 12.8 Å². The van der Waals surface area contributed by atoms with Crippen molar-refractivity contribution < 1.29 is 0 Å². The normalized spacial score (nSPS) is 13.1. The summed E-state index contributed by atoms with van der Waals surface area (Å²) in [6.07, 6.45) is 1.80. The molecule has 0 fully saturated rings. The molecule has 0 bridgehead atoms. The van der Waals surface area contributed by atoms with E-state index in [-0.39, 0.29) is 6.04 Å². The zero-order valence-electron chi connectivity index (χ0n) is 7.08. The SMILES string of the molecule is Cn1cc(C(N)c2ccsn2)nn1. The number of hydrogen-bond donors (Lipinski definition) is 1. The number of rotatable bonds is 2. The van der Waals surface area contributed by atoms with Gasteiger partial charge in [0.1, 0.15) is 5.69 Å². The highest BCUT2D eigenvalue weighted by atomic mass is 32.1. The largest absolute Gasteiger partial charge is 0.318 e. The lowest BCUT2D eigenvalue weighted by Crippen LogP contribution is -2.12. The van der Waals surface area contributed by atoms with Crippen molar-refractivity contribution in [3.05, 3.63) is 29.0 Å². The van der Waals surface area contributed by atoms with Gasteiger partial charge < -0.3 is 5.73 Å². The number of nitrogens with zero attached hydrogens (tertiary/aromatic N) is 4. The lowest BCUT2D eigenvalue weighted by atomic mass is 10.2. The summed E-state index contributed by atoms with van der Waals surface area (Å²) >= 11 is 1.38. The van der Waals surface area contributed by atoms with Gasteiger partial charge in [-0.3, -0.25) is 4.68 Å². The first-order valence-electron chi connectivity index (χ1n) is 3.79. The molecule has 1 unspecified atom stereocenters. The van der Waals surface area contributed by atoms with Crippen LogP contribution in [0.3, 0.4) is 0 Å². The number of hydrogen-bond acceptors (Lipinski definition) is 5. The molecular weight excluding hydrogens is 186 g/mol. The molecule has 2 heterocycles. The predicted octanol–water partition coefficient (Wildman–Crippen LogP) is 0.320. The summed E-state index contributed by atoms with van der Waals surface area (Å²) in [5.41, 5.74) is 7.48. The van der Waals surface area contributed by atoms with Crippen molar-refractivity contribution in [1.29, 1.82) is 0 Å². The van der Waals surface area contributed by atoms with Gasteiger partial charge in [-0.1, -0.05) is 5.21 Å². The molecule has 0 aliphatic heterocycles. The van der Waals surface area contributed by atoms with Crippen LogP contribution in [0.15, 0.2) is 17.6 Å². The minimum Gasteiger partial charge on any atom is -0.318 e. The molecule has 2 aromatic heterocycles. The summed E-state index contributed by atoms with van der Waals surface area (Å²) in [5, 5.41) is 9.63. The molecule has 13 heavy (non-hydrogen) atoms. The van der Waals surface area contributed by atoms with Gasteiger partial charge in [0.2, 0.25) is 0 Å². The molecule has 0 saturated heterocycles. The Morgan fingerprint density at radius 1 is 1.54 bits per heavy atom. The van der Waals surface area contributed by atoms with Gasteiger partial charge in [-0.2, -0.15) is 4.37 Å². The average molecular weight is 195 g/mol. The monoisotopic (exact) mass is 195 g/mol. The Balaban J connectivity index is 2.28. The molecule has 0 saturated carbocycles. The molecule has 5 nitrogen and oxygen atoms in total. The fourth-order valence-corrected chi connectivity index (χ4v) is 1.60. The Bertz CT molecular complexity index is 379. The smallest absolute Gasteiger partial charge is 0.106 e. The Morgan fingerprint density at radius 3 is 2.92 bits per heavy atom. The maximum absolute atomic E-state index is 5.90. The molecule has 0 aliphatic rings. The molecule has 0 radical (unpaired) electrons. The van der Waals surface area contributed by atoms with Crippen molar-refractivity contribution in [1.82, 2.24) is 19.4 Å². The lowest BCUT2D eigenvalue weighted by molar-refractivity contribution is 0.710. The van der Waals surface area contributed by atoms with Crippen LogP contribution in [0.5, 0.6) is 0 Å². The summed E-state index contributed by atoms with van der Waals surface area (Å²) < 4.78 is 5.77. The predicted molar refractivity (Wildman–Crippen MR) is 49.1 cm³/mol. The standard InChI is InChI=1S/C7H9N5S/c1-12-4-6(9-11-12)7(8)5-2-3-13-10-5/h2-4,7H,8H2,1H3. The topological polar surface area (TPSA) is 69.6 Å². The van der Waals surface area contributed by atoms with Gasteiger partial charge in [0.25, 0.3) is 0 Å². The van der Waals surface area contributed by atoms with Crippen LogP contribution < -0.4 is 5.73 Å². The van der Waals surface area contributed by atoms with Crippen molar-refractivity contribution in [2.75, 3.05) is 0 Å². The number of aryl methyl sites for hydroxylation is 1. The van der Waals surface area contributed by atoms with E-state index in [9.17, 15) is 0 Å². The molecule has 1 atom stereocenters. The third-order valence-corrected chi connectivity index (χ3v) is 2.29. The first kappa shape index (κ1) is 8.33. The first-order chi connectivity index (χ1) is 6.27. The minimum absolute atomic E-state index is 0.264. The maximum Gasteiger partial charge on any atom is 0.106 e. The van der Waals surface area contributed by atoms with E-state index in [1.165, 1.54) is 11.5 Å². The Labute approximate surface area is 79.4 Å². The van der Waals surface area contributed by atoms with E-state index in [1.54, 1.807) is 10.9 Å². The summed E-state index contributed by atoms with van der Waals surface area (Å²) in [4.78, 5) is 0. The van der Waals surface area contributed by atoms with Crippen molar-refractivity contribution in [3.8, 4) is 0 Å². The highest BCUT2D eigenvalue weighted by molar-refractivity contribution is 7.03. The summed E-state index contributed by atoms with van der Waals surface area (Å²) in [6.45, 7) is 0. The molecule has 0 aromatic carbocycles. The molecule has 0 amide bonds. The van der Waals surface area contributed by atoms with Crippen LogP contribution in [0, 0.1) is 0 Å². The summed E-state index contributed by atoms with van der Waals surface area (Å²) in [7, 11) is 1.81. The third kappa shape index (κ3) is 1.58. The second-order valence-electron chi connectivity index (χ2n) is 2.72. The minimum atomic E-state index is -0.264. The second kappa shape index (κ2) is 3.23. The summed E-state index contributed by atoms with van der Waals surface area (Å²) in [5.74, 6) is 0. The van der Waals surface area contributed by atoms with Gasteiger partial charge in [0.05, 0.1) is 17.9 Å². The fourth-order valence-electron chi connectivity index (χ4n) is 1.04. The maximum atomic E-state index is 5.90. The highest BCUT2D eigenvalue weighted by Gasteiger charge is 2.13. The van der Waals surface area contributed by atoms with E-state index in [0.717, 1.165) is 11.4 Å². The van der Waals surface area contributed by atoms with E-state index in [2.05, 4.69) is 14.7 Å². The van der Waals surface area contributed by atoms with E-state index in [4.69, 9.17) is 5.73 Å². The van der Waals surface area contributed by atoms with Gasteiger partial charge in [-0.25, -0.2) is 0 Å². The highest BCUT2D eigenvalue weighted by Crippen LogP contribution is 2.15. The first-order valence-corrected chi connectivity index (χ1v) is 4.63. The van der Waals surface area contributed by atoms with Gasteiger partial charge in [-0.05, 0) is 17.6 Å². The number of aromatic nitrogens is 4. The van der Waals surface area contributed by atoms with E-state index in [1.807, 2.05) is 18.5 Å². The molecule has 0 aliphatic carbocycles. The molecular formula is C7H9N5S. The van der Waals surface area contributed by atoms with Gasteiger partial charge in [-0.15, -0.1) is 5.10 Å². The van der Waals surface area contributed by atoms with Crippen LogP contribution in [0.1, 0.15) is 17.4 Å². The van der Waals surface area contributed by atoms with Crippen LogP contribution in [0.25, 0.3) is 0 Å². The fraction of sp³-hybridized carbons (Fsp3) is 0.286. The number of nitrogens with two attached hydrogens (primary N) is 1. The van der Waals surface area contributed by atoms with Crippen LogP contribution in [0.2, 0.25) is 0 Å². The molecule has 0 spiro atoms. The third-order valence-electron chi connectivity index (χ3n) is 1.72. The van der Waals surface area contributed by atoms with Crippen LogP contribution in [0.4, 0.5) is 0 Å². The zero-order chi connectivity index (χ0) is 9.26. The Hall–Kier alpha value is -1.27. The van der Waals surface area contributed by atoms with Gasteiger partial charge in [0.15, 0.2) is 0 Å². The van der Waals surface area contributed by atoms with E-state index < -0.39 is 0 Å². The second-order valence-corrected chi connectivity index (χ2v) is 3.38. The van der Waals surface area contributed by atoms with Crippen LogP contribution >= 0.6 is 11.5 Å². The lowest BCUT2D eigenvalue weighted by Gasteiger charge is -2.02. The van der Waals surface area contributed by atoms with Crippen molar-refractivity contribution in [3.63, 3.8) is 0 Å². The van der Waals surface area contributed by atoms with Crippen LogP contribution in [-0.2, 0) is 7.05 Å². The average Bonchev–Trinajstić information content (AvgIpc) is 2.72. The van der Waals surface area contributed by atoms with E-state index >= 15 is 0 Å². The summed E-state index contributed by atoms with van der Waals surface area (Å²) in [6, 6.07) is 1.63. The van der Waals surface area contributed by atoms with Gasteiger partial charge >= 0.3 is 0 Å². The molecule has 2 rings (SSSR count). The molecule has 68 valence electrons. The molecule has 2 aromatic rings. The Kier molecular flexibility index (Phi) is 2.07. The van der Waals surface area contributed by atoms with Crippen LogP contribution in [-0.4, -0.2) is 19.4 Å². The van der Waals surface area contributed by atoms with Crippen molar-refractivity contribution in [2.45, 2.75) is 6.04 Å². The zero-order valence-corrected chi connectivity index (χ0v) is 7.90. The van der Waals surface area contributed by atoms with Gasteiger partial charge in [0, 0.05) is 12.4 Å². The molecule has 2 N–H and O–H groups in total. The van der Waals surface area contributed by atoms with Crippen molar-refractivity contribution >= 4 is 11.5 Å². The molecule has 6 heteroatoms. The van der Waals surface area contributed by atoms with E-state index in [0.29, 0.717) is 0 Å².